The van der Waals surface area contributed by atoms with Gasteiger partial charge < -0.3 is 25.2 Å². The van der Waals surface area contributed by atoms with E-state index >= 15 is 0 Å². The maximum absolute atomic E-state index is 13.2. The van der Waals surface area contributed by atoms with E-state index in [1.165, 1.54) is 29.2 Å². The average Bonchev–Trinajstić information content (AvgIpc) is 3.45. The molecule has 0 aliphatic carbocycles. The normalized spacial score (nSPS) is 17.2. The zero-order valence-electron chi connectivity index (χ0n) is 23.2. The molecule has 1 fully saturated rings. The quantitative estimate of drug-likeness (QED) is 0.211. The highest BCUT2D eigenvalue weighted by atomic mass is 32.2. The summed E-state index contributed by atoms with van der Waals surface area (Å²) < 4.78 is 38.9. The number of nitrogens with one attached hydrogen (secondary N) is 3. The summed E-state index contributed by atoms with van der Waals surface area (Å²) in [5, 5.41) is 15.1. The Bertz CT molecular complexity index is 1480. The van der Waals surface area contributed by atoms with Crippen LogP contribution in [0.1, 0.15) is 18.4 Å². The first kappa shape index (κ1) is 31.4. The molecule has 0 bridgehead atoms. The topological polar surface area (TPSA) is 176 Å². The molecule has 43 heavy (non-hydrogen) atoms. The number of hydrogen-bond donors (Lipinski definition) is 4. The predicted molar refractivity (Wildman–Crippen MR) is 155 cm³/mol. The van der Waals surface area contributed by atoms with Crippen molar-refractivity contribution in [3.8, 4) is 0 Å². The van der Waals surface area contributed by atoms with Gasteiger partial charge in [-0.05, 0) is 42.7 Å². The Labute approximate surface area is 249 Å². The average molecular weight is 612 g/mol. The van der Waals surface area contributed by atoms with E-state index in [0.717, 1.165) is 5.56 Å². The second kappa shape index (κ2) is 14.6. The number of hydrogen-bond acceptors (Lipinski definition) is 9. The first-order valence-corrected chi connectivity index (χ1v) is 15.0. The van der Waals surface area contributed by atoms with Gasteiger partial charge in [0.2, 0.25) is 15.9 Å². The molecule has 2 aromatic carbocycles. The van der Waals surface area contributed by atoms with Crippen LogP contribution < -0.4 is 15.4 Å². The summed E-state index contributed by atoms with van der Waals surface area (Å²) in [6, 6.07) is 20.1. The van der Waals surface area contributed by atoms with Crippen molar-refractivity contribution in [1.82, 2.24) is 19.9 Å². The molecule has 0 saturated carbocycles. The molecule has 228 valence electrons. The van der Waals surface area contributed by atoms with Gasteiger partial charge in [0, 0.05) is 19.3 Å². The third-order valence-corrected chi connectivity index (χ3v) is 8.19. The Balaban J connectivity index is 1.40. The lowest BCUT2D eigenvalue weighted by Gasteiger charge is -2.37. The predicted octanol–water partition coefficient (Wildman–Crippen LogP) is 2.19. The van der Waals surface area contributed by atoms with E-state index in [0.29, 0.717) is 25.2 Å². The summed E-state index contributed by atoms with van der Waals surface area (Å²) in [6.07, 6.45) is 1.95. The number of benzene rings is 2. The standard InChI is InChI=1S/C29H33N5O8S/c35-26(31-18-24(27(36)37)33-43(39,40)23-12-5-2-6-13-23)20-42-29(21-32-25-14-7-8-16-30-25)15-9-17-34(29)28(38)41-19-22-10-3-1-4-11-22/h1-8,10-14,16,24,33H,9,15,17-21H2,(H,30,32)(H,31,35)(H,36,37). The van der Waals surface area contributed by atoms with Crippen molar-refractivity contribution >= 4 is 33.8 Å². The van der Waals surface area contributed by atoms with Crippen molar-refractivity contribution in [2.24, 2.45) is 0 Å². The highest BCUT2D eigenvalue weighted by Gasteiger charge is 2.46. The molecular weight excluding hydrogens is 578 g/mol. The molecule has 2 heterocycles. The van der Waals surface area contributed by atoms with Crippen molar-refractivity contribution in [1.29, 1.82) is 0 Å². The summed E-state index contributed by atoms with van der Waals surface area (Å²) in [4.78, 5) is 43.3. The number of pyridine rings is 1. The SMILES string of the molecule is O=C(COC1(CNc2ccccn2)CCCN1C(=O)OCc1ccccc1)NCC(NS(=O)(=O)c1ccccc1)C(=O)O. The van der Waals surface area contributed by atoms with Crippen LogP contribution in [0.25, 0.3) is 0 Å². The summed E-state index contributed by atoms with van der Waals surface area (Å²) in [5.74, 6) is -1.64. The second-order valence-electron chi connectivity index (χ2n) is 9.73. The zero-order valence-corrected chi connectivity index (χ0v) is 24.0. The van der Waals surface area contributed by atoms with E-state index in [2.05, 4.69) is 20.3 Å². The number of aromatic nitrogens is 1. The highest BCUT2D eigenvalue weighted by Crippen LogP contribution is 2.32. The van der Waals surface area contributed by atoms with Crippen LogP contribution >= 0.6 is 0 Å². The van der Waals surface area contributed by atoms with Crippen molar-refractivity contribution in [2.75, 3.05) is 31.6 Å². The zero-order chi connectivity index (χ0) is 30.7. The Morgan fingerprint density at radius 1 is 1.00 bits per heavy atom. The van der Waals surface area contributed by atoms with Crippen LogP contribution in [0.3, 0.4) is 0 Å². The van der Waals surface area contributed by atoms with Gasteiger partial charge in [-0.1, -0.05) is 54.6 Å². The van der Waals surface area contributed by atoms with E-state index in [1.54, 1.807) is 30.5 Å². The molecule has 14 heteroatoms. The minimum Gasteiger partial charge on any atom is -0.480 e. The first-order chi connectivity index (χ1) is 20.7. The van der Waals surface area contributed by atoms with Crippen molar-refractivity contribution in [3.05, 3.63) is 90.6 Å². The third kappa shape index (κ3) is 8.73. The molecule has 1 aliphatic heterocycles. The van der Waals surface area contributed by atoms with Crippen LogP contribution in [-0.2, 0) is 35.7 Å². The van der Waals surface area contributed by atoms with Crippen LogP contribution in [0.15, 0.2) is 90.0 Å². The number of likely N-dealkylation sites (tertiary alicyclic amines) is 1. The highest BCUT2D eigenvalue weighted by molar-refractivity contribution is 7.89. The van der Waals surface area contributed by atoms with Gasteiger partial charge in [0.1, 0.15) is 25.1 Å². The monoisotopic (exact) mass is 611 g/mol. The lowest BCUT2D eigenvalue weighted by molar-refractivity contribution is -0.147. The number of carboxylic acids is 1. The molecule has 2 amide bonds. The molecule has 4 N–H and O–H groups in total. The fraction of sp³-hybridized carbons (Fsp3) is 0.310. The molecule has 2 unspecified atom stereocenters. The molecule has 0 radical (unpaired) electrons. The number of carbonyl (C=O) groups is 3. The molecule has 4 rings (SSSR count). The largest absolute Gasteiger partial charge is 0.480 e. The van der Waals surface area contributed by atoms with Gasteiger partial charge >= 0.3 is 12.1 Å². The Morgan fingerprint density at radius 3 is 2.37 bits per heavy atom. The molecule has 1 aromatic heterocycles. The number of carbonyl (C=O) groups excluding carboxylic acids is 2. The lowest BCUT2D eigenvalue weighted by Crippen LogP contribution is -2.55. The second-order valence-corrected chi connectivity index (χ2v) is 11.4. The van der Waals surface area contributed by atoms with Gasteiger partial charge in [0.15, 0.2) is 5.72 Å². The number of carboxylic acid groups (broad SMARTS) is 1. The Morgan fingerprint density at radius 2 is 1.70 bits per heavy atom. The van der Waals surface area contributed by atoms with Crippen molar-refractivity contribution in [2.45, 2.75) is 36.1 Å². The van der Waals surface area contributed by atoms with E-state index in [1.807, 2.05) is 30.3 Å². The molecule has 0 spiro atoms. The minimum absolute atomic E-state index is 0.0515. The smallest absolute Gasteiger partial charge is 0.412 e. The van der Waals surface area contributed by atoms with Crippen LogP contribution in [-0.4, -0.2) is 79.4 Å². The molecule has 2 atom stereocenters. The Kier molecular flexibility index (Phi) is 10.6. The maximum atomic E-state index is 13.2. The van der Waals surface area contributed by atoms with Crippen LogP contribution in [0.2, 0.25) is 0 Å². The van der Waals surface area contributed by atoms with Gasteiger partial charge in [-0.3, -0.25) is 14.5 Å². The number of amides is 2. The van der Waals surface area contributed by atoms with Crippen LogP contribution in [0, 0.1) is 0 Å². The van der Waals surface area contributed by atoms with Gasteiger partial charge in [-0.25, -0.2) is 18.2 Å². The number of anilines is 1. The fourth-order valence-corrected chi connectivity index (χ4v) is 5.70. The lowest BCUT2D eigenvalue weighted by atomic mass is 10.1. The summed E-state index contributed by atoms with van der Waals surface area (Å²) in [6.45, 7) is -0.612. The first-order valence-electron chi connectivity index (χ1n) is 13.5. The van der Waals surface area contributed by atoms with E-state index in [9.17, 15) is 27.9 Å². The summed E-state index contributed by atoms with van der Waals surface area (Å²) in [5.41, 5.74) is -0.465. The number of sulfonamides is 1. The van der Waals surface area contributed by atoms with Gasteiger partial charge in [-0.15, -0.1) is 0 Å². The van der Waals surface area contributed by atoms with Gasteiger partial charge in [-0.2, -0.15) is 4.72 Å². The summed E-state index contributed by atoms with van der Waals surface area (Å²) >= 11 is 0. The number of nitrogens with zero attached hydrogens (tertiary/aromatic N) is 2. The third-order valence-electron chi connectivity index (χ3n) is 6.70. The maximum Gasteiger partial charge on any atom is 0.412 e. The molecular formula is C29H33N5O8S. The Hall–Kier alpha value is -4.53. The van der Waals surface area contributed by atoms with Crippen LogP contribution in [0.4, 0.5) is 10.6 Å². The molecule has 1 aliphatic rings. The summed E-state index contributed by atoms with van der Waals surface area (Å²) in [7, 11) is -4.15. The molecule has 13 nitrogen and oxygen atoms in total. The molecule has 3 aromatic rings. The van der Waals surface area contributed by atoms with Crippen molar-refractivity contribution in [3.63, 3.8) is 0 Å². The van der Waals surface area contributed by atoms with Gasteiger partial charge in [0.25, 0.3) is 0 Å². The van der Waals surface area contributed by atoms with Crippen LogP contribution in [0.5, 0.6) is 0 Å². The van der Waals surface area contributed by atoms with E-state index in [-0.39, 0.29) is 18.0 Å². The fourth-order valence-electron chi connectivity index (χ4n) is 4.49. The minimum atomic E-state index is -4.15. The molecule has 1 saturated heterocycles. The van der Waals surface area contributed by atoms with E-state index < -0.39 is 52.9 Å². The van der Waals surface area contributed by atoms with Crippen molar-refractivity contribution < 1.29 is 37.4 Å². The number of ether oxygens (including phenoxy) is 2. The van der Waals surface area contributed by atoms with E-state index in [4.69, 9.17) is 9.47 Å². The number of rotatable bonds is 14. The van der Waals surface area contributed by atoms with Gasteiger partial charge in [0.05, 0.1) is 11.4 Å². The number of aliphatic carboxylic acids is 1.